The van der Waals surface area contributed by atoms with Crippen LogP contribution in [0.5, 0.6) is 0 Å². The maximum atomic E-state index is 6.91. The molecule has 1 aliphatic carbocycles. The molecule has 44 heavy (non-hydrogen) atoms. The molecule has 4 fully saturated rings. The van der Waals surface area contributed by atoms with Crippen molar-refractivity contribution in [2.24, 2.45) is 0 Å². The van der Waals surface area contributed by atoms with Crippen LogP contribution in [0, 0.1) is 0 Å². The van der Waals surface area contributed by atoms with Crippen molar-refractivity contribution < 1.29 is 36.6 Å². The molecule has 0 unspecified atom stereocenters. The molecule has 228 valence electrons. The average molecular weight is 615 g/mol. The minimum absolute atomic E-state index is 0.190. The predicted octanol–water partition coefficient (Wildman–Crippen LogP) is 8.35. The van der Waals surface area contributed by atoms with E-state index in [4.69, 9.17) is 36.6 Å². The second-order valence-electron chi connectivity index (χ2n) is 12.9. The van der Waals surface area contributed by atoms with E-state index in [-0.39, 0.29) is 12.7 Å². The van der Waals surface area contributed by atoms with Gasteiger partial charge in [-0.2, -0.15) is 0 Å². The molecule has 3 aliphatic heterocycles. The lowest BCUT2D eigenvalue weighted by Crippen LogP contribution is -2.63. The van der Waals surface area contributed by atoms with Gasteiger partial charge in [0.2, 0.25) is 5.79 Å². The lowest BCUT2D eigenvalue weighted by Gasteiger charge is -2.42. The van der Waals surface area contributed by atoms with Gasteiger partial charge in [0.25, 0.3) is 0 Å². The molecule has 2 spiro atoms. The summed E-state index contributed by atoms with van der Waals surface area (Å²) in [7, 11) is -1.98. The standard InChI is InChI=1S/C35H35O8P/c1-33(2)37-21-35(43-33)32(31-28(20-36-35)38-34(39-31)18-8-3-9-19-34)42-44-40-26-16-14-22-10-4-6-12-24(22)29(26)30-25-13-7-5-11-23(25)15-17-27(30)41-44/h4-7,10-17,28,31-32H,3,8-9,18-21H2,1-2H3/t28-,31-,32+,35+/m1/s1. The van der Waals surface area contributed by atoms with Gasteiger partial charge < -0.3 is 32.1 Å². The molecule has 9 rings (SSSR count). The van der Waals surface area contributed by atoms with Gasteiger partial charge in [-0.25, -0.2) is 0 Å². The number of rotatable bonds is 2. The molecular formula is C35H35O8P. The first-order chi connectivity index (χ1) is 21.4. The lowest BCUT2D eigenvalue weighted by molar-refractivity contribution is -0.316. The van der Waals surface area contributed by atoms with Crippen LogP contribution in [0.15, 0.2) is 81.2 Å². The zero-order valence-corrected chi connectivity index (χ0v) is 25.7. The van der Waals surface area contributed by atoms with E-state index in [1.807, 2.05) is 26.0 Å². The highest BCUT2D eigenvalue weighted by Gasteiger charge is 2.65. The first-order valence-corrected chi connectivity index (χ1v) is 16.7. The number of ether oxygens (including phenoxy) is 5. The van der Waals surface area contributed by atoms with Crippen molar-refractivity contribution >= 4 is 51.7 Å². The van der Waals surface area contributed by atoms with Gasteiger partial charge in [-0.3, -0.25) is 4.52 Å². The monoisotopic (exact) mass is 614 g/mol. The third kappa shape index (κ3) is 4.35. The predicted molar refractivity (Wildman–Crippen MR) is 167 cm³/mol. The van der Waals surface area contributed by atoms with Crippen LogP contribution in [0.3, 0.4) is 0 Å². The van der Waals surface area contributed by atoms with E-state index >= 15 is 0 Å². The van der Waals surface area contributed by atoms with Gasteiger partial charge in [0.15, 0.2) is 17.7 Å². The van der Waals surface area contributed by atoms with Crippen LogP contribution in [0.1, 0.15) is 46.0 Å². The molecule has 1 saturated carbocycles. The molecule has 4 aromatic carbocycles. The van der Waals surface area contributed by atoms with Gasteiger partial charge in [0.05, 0.1) is 6.61 Å². The number of hydrogen-bond donors (Lipinski definition) is 0. The molecule has 4 aliphatic rings. The summed E-state index contributed by atoms with van der Waals surface area (Å²) >= 11 is 0. The summed E-state index contributed by atoms with van der Waals surface area (Å²) in [4.78, 5) is 0. The molecule has 0 N–H and O–H groups in total. The zero-order valence-electron chi connectivity index (χ0n) is 24.8. The Morgan fingerprint density at radius 1 is 0.727 bits per heavy atom. The Kier molecular flexibility index (Phi) is 6.24. The van der Waals surface area contributed by atoms with Gasteiger partial charge >= 0.3 is 8.24 Å². The Morgan fingerprint density at radius 3 is 1.98 bits per heavy atom. The first-order valence-electron chi connectivity index (χ1n) is 15.6. The zero-order chi connectivity index (χ0) is 29.5. The highest BCUT2D eigenvalue weighted by atomic mass is 31.1. The van der Waals surface area contributed by atoms with Crippen molar-refractivity contribution in [3.63, 3.8) is 0 Å². The van der Waals surface area contributed by atoms with Gasteiger partial charge in [0.1, 0.15) is 30.0 Å². The minimum Gasteiger partial charge on any atom is -0.399 e. The van der Waals surface area contributed by atoms with E-state index in [2.05, 4.69) is 60.7 Å². The molecule has 0 bridgehead atoms. The second-order valence-corrected chi connectivity index (χ2v) is 13.9. The third-order valence-corrected chi connectivity index (χ3v) is 10.6. The SMILES string of the molecule is CC1(C)OC[C@]2(OC[C@H]3OC4(CCCCC4)O[C@H]3[C@@H]2Op2oc3ccc4ccccc4c3c3c(ccc4ccccc43)o2)O1. The van der Waals surface area contributed by atoms with E-state index in [0.717, 1.165) is 58.0 Å². The van der Waals surface area contributed by atoms with Crippen molar-refractivity contribution in [2.75, 3.05) is 13.2 Å². The van der Waals surface area contributed by atoms with Gasteiger partial charge in [-0.15, -0.1) is 0 Å². The van der Waals surface area contributed by atoms with Gasteiger partial charge in [-0.05, 0) is 60.4 Å². The van der Waals surface area contributed by atoms with Crippen LogP contribution < -0.4 is 4.52 Å². The van der Waals surface area contributed by atoms with Crippen LogP contribution in [-0.4, -0.2) is 48.9 Å². The summed E-state index contributed by atoms with van der Waals surface area (Å²) in [6, 6.07) is 24.9. The molecule has 1 aromatic heterocycles. The normalized spacial score (nSPS) is 29.3. The van der Waals surface area contributed by atoms with Crippen LogP contribution in [0.4, 0.5) is 0 Å². The van der Waals surface area contributed by atoms with Crippen molar-refractivity contribution in [3.05, 3.63) is 72.8 Å². The molecule has 4 heterocycles. The Hall–Kier alpha value is -2.94. The maximum absolute atomic E-state index is 6.91. The molecule has 0 radical (unpaired) electrons. The van der Waals surface area contributed by atoms with Gasteiger partial charge in [0, 0.05) is 23.6 Å². The summed E-state index contributed by atoms with van der Waals surface area (Å²) in [5.74, 6) is -2.69. The van der Waals surface area contributed by atoms with Crippen LogP contribution in [0.2, 0.25) is 0 Å². The van der Waals surface area contributed by atoms with Crippen LogP contribution in [-0.2, 0) is 23.7 Å². The highest BCUT2D eigenvalue weighted by Crippen LogP contribution is 2.50. The molecule has 4 atom stereocenters. The van der Waals surface area contributed by atoms with E-state index in [1.165, 1.54) is 6.42 Å². The van der Waals surface area contributed by atoms with E-state index < -0.39 is 37.8 Å². The van der Waals surface area contributed by atoms with Crippen LogP contribution >= 0.6 is 8.24 Å². The number of benzene rings is 4. The maximum Gasteiger partial charge on any atom is 0.387 e. The van der Waals surface area contributed by atoms with E-state index in [0.29, 0.717) is 17.8 Å². The fourth-order valence-electron chi connectivity index (χ4n) is 7.55. The summed E-state index contributed by atoms with van der Waals surface area (Å²) in [6.45, 7) is 4.29. The van der Waals surface area contributed by atoms with Crippen LogP contribution in [0.25, 0.3) is 43.5 Å². The first kappa shape index (κ1) is 27.4. The second kappa shape index (κ2) is 10.0. The molecule has 0 amide bonds. The molecular weight excluding hydrogens is 579 g/mol. The molecule has 8 nitrogen and oxygen atoms in total. The fourth-order valence-corrected chi connectivity index (χ4v) is 8.76. The minimum atomic E-state index is -1.98. The summed E-state index contributed by atoms with van der Waals surface area (Å²) in [5, 5.41) is 6.38. The number of fused-ring (bicyclic) bond motifs is 8. The highest BCUT2D eigenvalue weighted by molar-refractivity contribution is 7.31. The van der Waals surface area contributed by atoms with Crippen molar-refractivity contribution in [1.29, 1.82) is 0 Å². The van der Waals surface area contributed by atoms with Crippen molar-refractivity contribution in [3.8, 4) is 0 Å². The largest absolute Gasteiger partial charge is 0.399 e. The molecule has 5 aromatic rings. The third-order valence-electron chi connectivity index (χ3n) is 9.54. The quantitative estimate of drug-likeness (QED) is 0.196. The Bertz CT molecular complexity index is 1850. The lowest BCUT2D eigenvalue weighted by atomic mass is 9.94. The fraction of sp³-hybridized carbons (Fsp3) is 0.429. The van der Waals surface area contributed by atoms with Gasteiger partial charge in [-0.1, -0.05) is 67.1 Å². The average Bonchev–Trinajstić information content (AvgIpc) is 3.48. The Morgan fingerprint density at radius 2 is 1.36 bits per heavy atom. The molecule has 9 heteroatoms. The summed E-state index contributed by atoms with van der Waals surface area (Å²) in [5.41, 5.74) is 1.40. The molecule has 3 saturated heterocycles. The van der Waals surface area contributed by atoms with Crippen molar-refractivity contribution in [1.82, 2.24) is 0 Å². The topological polar surface area (TPSA) is 81.7 Å². The summed E-state index contributed by atoms with van der Waals surface area (Å²) in [6.07, 6.45) is 3.56. The van der Waals surface area contributed by atoms with Crippen molar-refractivity contribution in [2.45, 2.75) is 81.6 Å². The smallest absolute Gasteiger partial charge is 0.387 e. The Labute approximate surface area is 255 Å². The Balaban J connectivity index is 1.24. The number of hydrogen-bond acceptors (Lipinski definition) is 8. The van der Waals surface area contributed by atoms with E-state index in [1.54, 1.807) is 0 Å². The van der Waals surface area contributed by atoms with E-state index in [9.17, 15) is 0 Å². The summed E-state index contributed by atoms with van der Waals surface area (Å²) < 4.78 is 52.8.